The molecular formula is C20H22N4O5. The van der Waals surface area contributed by atoms with Gasteiger partial charge in [-0.2, -0.15) is 0 Å². The van der Waals surface area contributed by atoms with E-state index in [0.717, 1.165) is 5.56 Å². The van der Waals surface area contributed by atoms with Crippen molar-refractivity contribution in [2.45, 2.75) is 0 Å². The van der Waals surface area contributed by atoms with Gasteiger partial charge in [0.25, 0.3) is 5.69 Å². The molecule has 29 heavy (non-hydrogen) atoms. The van der Waals surface area contributed by atoms with Gasteiger partial charge in [0.2, 0.25) is 5.91 Å². The summed E-state index contributed by atoms with van der Waals surface area (Å²) >= 11 is 0. The zero-order chi connectivity index (χ0) is 20.6. The highest BCUT2D eigenvalue weighted by atomic mass is 16.7. The number of aromatic nitrogens is 1. The highest BCUT2D eigenvalue weighted by Crippen LogP contribution is 2.18. The number of carbonyl (C=O) groups excluding carboxylic acids is 1. The third-order valence-electron chi connectivity index (χ3n) is 4.50. The molecule has 1 fully saturated rings. The van der Waals surface area contributed by atoms with Crippen LogP contribution < -0.4 is 9.64 Å². The monoisotopic (exact) mass is 398 g/mol. The van der Waals surface area contributed by atoms with E-state index in [0.29, 0.717) is 37.7 Å². The van der Waals surface area contributed by atoms with E-state index < -0.39 is 4.92 Å². The molecular weight excluding hydrogens is 376 g/mol. The van der Waals surface area contributed by atoms with Crippen molar-refractivity contribution >= 4 is 23.5 Å². The van der Waals surface area contributed by atoms with Crippen LogP contribution in [0.1, 0.15) is 5.56 Å². The van der Waals surface area contributed by atoms with Gasteiger partial charge in [0, 0.05) is 45.4 Å². The molecule has 2 aromatic rings. The zero-order valence-electron chi connectivity index (χ0n) is 16.1. The number of methoxy groups -OCH3 is 1. The first-order valence-electron chi connectivity index (χ1n) is 9.11. The van der Waals surface area contributed by atoms with E-state index in [1.165, 1.54) is 12.3 Å². The molecule has 1 aromatic heterocycles. The first kappa shape index (κ1) is 20.3. The first-order chi connectivity index (χ1) is 14.1. The number of benzene rings is 1. The van der Waals surface area contributed by atoms with Crippen LogP contribution in [0.4, 0.5) is 11.5 Å². The lowest BCUT2D eigenvalue weighted by Gasteiger charge is -2.34. The summed E-state index contributed by atoms with van der Waals surface area (Å²) in [5.74, 6) is 1.32. The fraction of sp³-hybridized carbons (Fsp3) is 0.300. The molecule has 0 spiro atoms. The van der Waals surface area contributed by atoms with Crippen LogP contribution in [0, 0.1) is 10.1 Å². The van der Waals surface area contributed by atoms with E-state index in [2.05, 4.69) is 4.98 Å². The summed E-state index contributed by atoms with van der Waals surface area (Å²) in [6.45, 7) is 2.55. The Labute approximate surface area is 168 Å². The second-order valence-electron chi connectivity index (χ2n) is 6.40. The van der Waals surface area contributed by atoms with Crippen molar-refractivity contribution in [3.63, 3.8) is 0 Å². The van der Waals surface area contributed by atoms with Gasteiger partial charge in [0.1, 0.15) is 17.8 Å². The van der Waals surface area contributed by atoms with Gasteiger partial charge >= 0.3 is 0 Å². The Balaban J connectivity index is 1.50. The summed E-state index contributed by atoms with van der Waals surface area (Å²) < 4.78 is 10.2. The molecule has 1 amide bonds. The third-order valence-corrected chi connectivity index (χ3v) is 4.50. The van der Waals surface area contributed by atoms with Crippen molar-refractivity contribution in [2.75, 3.05) is 45.0 Å². The van der Waals surface area contributed by atoms with E-state index in [1.807, 2.05) is 29.2 Å². The van der Waals surface area contributed by atoms with Gasteiger partial charge in [-0.15, -0.1) is 0 Å². The van der Waals surface area contributed by atoms with E-state index in [-0.39, 0.29) is 18.4 Å². The van der Waals surface area contributed by atoms with Crippen molar-refractivity contribution in [1.29, 1.82) is 0 Å². The van der Waals surface area contributed by atoms with Gasteiger partial charge in [0.15, 0.2) is 6.79 Å². The molecule has 3 rings (SSSR count). The van der Waals surface area contributed by atoms with Crippen LogP contribution in [0.25, 0.3) is 6.08 Å². The van der Waals surface area contributed by atoms with Crippen LogP contribution in [-0.4, -0.2) is 60.8 Å². The molecule has 1 aliphatic rings. The van der Waals surface area contributed by atoms with Crippen LogP contribution in [0.3, 0.4) is 0 Å². The Bertz CT molecular complexity index is 859. The fourth-order valence-corrected chi connectivity index (χ4v) is 2.90. The lowest BCUT2D eigenvalue weighted by Crippen LogP contribution is -2.48. The van der Waals surface area contributed by atoms with Crippen LogP contribution in [0.15, 0.2) is 48.7 Å². The smallest absolute Gasteiger partial charge is 0.287 e. The average molecular weight is 398 g/mol. The van der Waals surface area contributed by atoms with E-state index in [1.54, 1.807) is 30.2 Å². The van der Waals surface area contributed by atoms with Crippen molar-refractivity contribution in [3.05, 3.63) is 64.3 Å². The molecule has 0 aliphatic carbocycles. The van der Waals surface area contributed by atoms with Crippen LogP contribution in [0.2, 0.25) is 0 Å². The van der Waals surface area contributed by atoms with Gasteiger partial charge in [-0.05, 0) is 29.8 Å². The molecule has 1 saturated heterocycles. The maximum absolute atomic E-state index is 12.4. The Kier molecular flexibility index (Phi) is 6.75. The predicted octanol–water partition coefficient (Wildman–Crippen LogP) is 2.33. The Morgan fingerprint density at radius 3 is 2.48 bits per heavy atom. The summed E-state index contributed by atoms with van der Waals surface area (Å²) in [5.41, 5.74) is 0.864. The van der Waals surface area contributed by atoms with Gasteiger partial charge in [-0.25, -0.2) is 4.98 Å². The average Bonchev–Trinajstić information content (AvgIpc) is 2.77. The standard InChI is InChI=1S/C20H22N4O5/c1-28-15-29-18-6-2-16(3-7-18)4-9-20(25)23-12-10-22(11-13-23)19-8-5-17(14-21-19)24(26)27/h2-9,14H,10-13,15H2,1H3/b9-4+. The highest BCUT2D eigenvalue weighted by molar-refractivity contribution is 5.92. The van der Waals surface area contributed by atoms with Gasteiger partial charge in [-0.3, -0.25) is 14.9 Å². The van der Waals surface area contributed by atoms with Gasteiger partial charge in [-0.1, -0.05) is 12.1 Å². The van der Waals surface area contributed by atoms with Crippen LogP contribution >= 0.6 is 0 Å². The molecule has 2 heterocycles. The molecule has 152 valence electrons. The zero-order valence-corrected chi connectivity index (χ0v) is 16.1. The highest BCUT2D eigenvalue weighted by Gasteiger charge is 2.21. The number of hydrogen-bond acceptors (Lipinski definition) is 7. The second-order valence-corrected chi connectivity index (χ2v) is 6.40. The predicted molar refractivity (Wildman–Crippen MR) is 108 cm³/mol. The molecule has 9 heteroatoms. The summed E-state index contributed by atoms with van der Waals surface area (Å²) in [6.07, 6.45) is 4.58. The molecule has 0 atom stereocenters. The summed E-state index contributed by atoms with van der Waals surface area (Å²) in [5, 5.41) is 10.7. The van der Waals surface area contributed by atoms with E-state index in [9.17, 15) is 14.9 Å². The number of hydrogen-bond donors (Lipinski definition) is 0. The number of anilines is 1. The molecule has 0 unspecified atom stereocenters. The number of piperazine rings is 1. The quantitative estimate of drug-likeness (QED) is 0.305. The normalized spacial score (nSPS) is 14.2. The van der Waals surface area contributed by atoms with Crippen LogP contribution in [-0.2, 0) is 9.53 Å². The van der Waals surface area contributed by atoms with Crippen molar-refractivity contribution in [3.8, 4) is 5.75 Å². The number of amides is 1. The van der Waals surface area contributed by atoms with Gasteiger partial charge in [0.05, 0.1) is 4.92 Å². The molecule has 0 bridgehead atoms. The minimum atomic E-state index is -0.472. The largest absolute Gasteiger partial charge is 0.468 e. The van der Waals surface area contributed by atoms with Crippen molar-refractivity contribution < 1.29 is 19.2 Å². The maximum atomic E-state index is 12.4. The molecule has 0 N–H and O–H groups in total. The topological polar surface area (TPSA) is 98.0 Å². The number of nitrogens with zero attached hydrogens (tertiary/aromatic N) is 4. The third kappa shape index (κ3) is 5.52. The number of pyridine rings is 1. The molecule has 1 aromatic carbocycles. The maximum Gasteiger partial charge on any atom is 0.287 e. The van der Waals surface area contributed by atoms with Crippen molar-refractivity contribution in [1.82, 2.24) is 9.88 Å². The van der Waals surface area contributed by atoms with E-state index >= 15 is 0 Å². The second kappa shape index (κ2) is 9.65. The Morgan fingerprint density at radius 2 is 1.90 bits per heavy atom. The van der Waals surface area contributed by atoms with Crippen LogP contribution in [0.5, 0.6) is 5.75 Å². The van der Waals surface area contributed by atoms with Gasteiger partial charge < -0.3 is 19.3 Å². The molecule has 9 nitrogen and oxygen atoms in total. The Hall–Kier alpha value is -3.46. The Morgan fingerprint density at radius 1 is 1.17 bits per heavy atom. The lowest BCUT2D eigenvalue weighted by molar-refractivity contribution is -0.385. The minimum absolute atomic E-state index is 0.0361. The SMILES string of the molecule is COCOc1ccc(/C=C/C(=O)N2CCN(c3ccc([N+](=O)[O-])cn3)CC2)cc1. The summed E-state index contributed by atoms with van der Waals surface area (Å²) in [7, 11) is 1.56. The van der Waals surface area contributed by atoms with E-state index in [4.69, 9.17) is 9.47 Å². The summed E-state index contributed by atoms with van der Waals surface area (Å²) in [4.78, 5) is 30.6. The fourth-order valence-electron chi connectivity index (χ4n) is 2.90. The summed E-state index contributed by atoms with van der Waals surface area (Å²) in [6, 6.07) is 10.4. The molecule has 0 saturated carbocycles. The number of nitro groups is 1. The number of ether oxygens (including phenoxy) is 2. The number of rotatable bonds is 7. The first-order valence-corrected chi connectivity index (χ1v) is 9.11. The van der Waals surface area contributed by atoms with Crippen molar-refractivity contribution in [2.24, 2.45) is 0 Å². The molecule has 0 radical (unpaired) electrons. The minimum Gasteiger partial charge on any atom is -0.468 e. The number of carbonyl (C=O) groups is 1. The lowest BCUT2D eigenvalue weighted by atomic mass is 10.2. The molecule has 1 aliphatic heterocycles.